The van der Waals surface area contributed by atoms with Gasteiger partial charge in [0.1, 0.15) is 0 Å². The number of hydrogen-bond acceptors (Lipinski definition) is 3. The Morgan fingerprint density at radius 1 is 1.38 bits per heavy atom. The molecular weight excluding hydrogens is 272 g/mol. The smallest absolute Gasteiger partial charge is 0.303 e. The molecule has 118 valence electrons. The van der Waals surface area contributed by atoms with Crippen LogP contribution in [0.1, 0.15) is 46.0 Å². The number of hydrogen-bond donors (Lipinski definition) is 1. The van der Waals surface area contributed by atoms with Crippen molar-refractivity contribution in [1.29, 1.82) is 0 Å². The Morgan fingerprint density at radius 3 is 2.57 bits per heavy atom. The van der Waals surface area contributed by atoms with E-state index in [0.29, 0.717) is 32.0 Å². The molecule has 0 spiro atoms. The van der Waals surface area contributed by atoms with Gasteiger partial charge in [-0.2, -0.15) is 0 Å². The number of amides is 2. The second-order valence-electron chi connectivity index (χ2n) is 6.30. The molecule has 1 aliphatic carbocycles. The second kappa shape index (κ2) is 6.45. The predicted molar refractivity (Wildman–Crippen MR) is 76.6 cm³/mol. The maximum Gasteiger partial charge on any atom is 0.303 e. The first-order valence-electron chi connectivity index (χ1n) is 7.72. The van der Waals surface area contributed by atoms with Gasteiger partial charge in [-0.15, -0.1) is 0 Å². The summed E-state index contributed by atoms with van der Waals surface area (Å²) in [6.45, 7) is 4.82. The van der Waals surface area contributed by atoms with Crippen LogP contribution >= 0.6 is 0 Å². The molecule has 2 amide bonds. The molecule has 2 rings (SSSR count). The van der Waals surface area contributed by atoms with Crippen molar-refractivity contribution >= 4 is 17.8 Å². The summed E-state index contributed by atoms with van der Waals surface area (Å²) in [5, 5.41) is 8.70. The Balaban J connectivity index is 1.91. The minimum Gasteiger partial charge on any atom is -0.481 e. The van der Waals surface area contributed by atoms with Crippen molar-refractivity contribution in [3.05, 3.63) is 0 Å². The molecule has 0 aromatic heterocycles. The number of nitrogens with zero attached hydrogens (tertiary/aromatic N) is 2. The van der Waals surface area contributed by atoms with E-state index >= 15 is 0 Å². The van der Waals surface area contributed by atoms with Gasteiger partial charge in [0, 0.05) is 38.0 Å². The van der Waals surface area contributed by atoms with Crippen LogP contribution in [0.5, 0.6) is 0 Å². The van der Waals surface area contributed by atoms with E-state index < -0.39 is 5.97 Å². The van der Waals surface area contributed by atoms with Crippen LogP contribution in [-0.2, 0) is 14.4 Å². The Labute approximate surface area is 125 Å². The Hall–Kier alpha value is -1.59. The number of carbonyl (C=O) groups excluding carboxylic acids is 2. The molecule has 0 radical (unpaired) electrons. The predicted octanol–water partition coefficient (Wildman–Crippen LogP) is 1.10. The zero-order valence-corrected chi connectivity index (χ0v) is 12.7. The number of carbonyl (C=O) groups is 3. The SMILES string of the molecule is CC(C)N(CCCC(=O)O)C(=O)C1CC(=O)N(C2CC2)C1. The van der Waals surface area contributed by atoms with E-state index in [4.69, 9.17) is 5.11 Å². The fraction of sp³-hybridized carbons (Fsp3) is 0.800. The molecule has 2 aliphatic rings. The van der Waals surface area contributed by atoms with Gasteiger partial charge < -0.3 is 14.9 Å². The molecule has 1 unspecified atom stereocenters. The Morgan fingerprint density at radius 2 is 2.05 bits per heavy atom. The number of likely N-dealkylation sites (tertiary alicyclic amines) is 1. The normalized spacial score (nSPS) is 22.0. The second-order valence-corrected chi connectivity index (χ2v) is 6.30. The van der Waals surface area contributed by atoms with Gasteiger partial charge in [-0.1, -0.05) is 0 Å². The van der Waals surface area contributed by atoms with E-state index in [1.54, 1.807) is 4.90 Å². The topological polar surface area (TPSA) is 77.9 Å². The highest BCUT2D eigenvalue weighted by Crippen LogP contribution is 2.33. The summed E-state index contributed by atoms with van der Waals surface area (Å²) in [4.78, 5) is 38.7. The van der Waals surface area contributed by atoms with Crippen LogP contribution in [0.15, 0.2) is 0 Å². The highest BCUT2D eigenvalue weighted by atomic mass is 16.4. The number of aliphatic carboxylic acids is 1. The van der Waals surface area contributed by atoms with E-state index in [0.717, 1.165) is 12.8 Å². The van der Waals surface area contributed by atoms with Gasteiger partial charge in [-0.3, -0.25) is 14.4 Å². The molecule has 21 heavy (non-hydrogen) atoms. The van der Waals surface area contributed by atoms with Gasteiger partial charge in [0.05, 0.1) is 5.92 Å². The molecule has 0 bridgehead atoms. The first-order valence-corrected chi connectivity index (χ1v) is 7.72. The van der Waals surface area contributed by atoms with E-state index in [1.807, 2.05) is 18.7 Å². The van der Waals surface area contributed by atoms with Crippen molar-refractivity contribution in [2.45, 2.75) is 58.0 Å². The van der Waals surface area contributed by atoms with Crippen molar-refractivity contribution in [2.24, 2.45) is 5.92 Å². The van der Waals surface area contributed by atoms with Crippen molar-refractivity contribution in [1.82, 2.24) is 9.80 Å². The average Bonchev–Trinajstić information content (AvgIpc) is 3.16. The molecule has 6 nitrogen and oxygen atoms in total. The van der Waals surface area contributed by atoms with Crippen molar-refractivity contribution < 1.29 is 19.5 Å². The molecule has 0 aromatic rings. The number of carboxylic acid groups (broad SMARTS) is 1. The summed E-state index contributed by atoms with van der Waals surface area (Å²) in [7, 11) is 0. The monoisotopic (exact) mass is 296 g/mol. The maximum absolute atomic E-state index is 12.6. The molecule has 1 heterocycles. The minimum absolute atomic E-state index is 0.00751. The molecule has 1 saturated carbocycles. The summed E-state index contributed by atoms with van der Waals surface area (Å²) in [6.07, 6.45) is 2.93. The van der Waals surface area contributed by atoms with E-state index in [9.17, 15) is 14.4 Å². The lowest BCUT2D eigenvalue weighted by Crippen LogP contribution is -2.42. The van der Waals surface area contributed by atoms with Crippen LogP contribution in [0.2, 0.25) is 0 Å². The highest BCUT2D eigenvalue weighted by Gasteiger charge is 2.42. The summed E-state index contributed by atoms with van der Waals surface area (Å²) in [5.41, 5.74) is 0. The van der Waals surface area contributed by atoms with Crippen molar-refractivity contribution in [2.75, 3.05) is 13.1 Å². The molecule has 6 heteroatoms. The lowest BCUT2D eigenvalue weighted by molar-refractivity contribution is -0.140. The quantitative estimate of drug-likeness (QED) is 0.763. The highest BCUT2D eigenvalue weighted by molar-refractivity contribution is 5.89. The lowest BCUT2D eigenvalue weighted by atomic mass is 10.1. The summed E-state index contributed by atoms with van der Waals surface area (Å²) in [5.74, 6) is -1.02. The van der Waals surface area contributed by atoms with Gasteiger partial charge in [-0.05, 0) is 33.1 Å². The molecular formula is C15H24N2O4. The van der Waals surface area contributed by atoms with E-state index in [2.05, 4.69) is 0 Å². The van der Waals surface area contributed by atoms with Crippen LogP contribution < -0.4 is 0 Å². The van der Waals surface area contributed by atoms with Gasteiger partial charge in [0.2, 0.25) is 11.8 Å². The molecule has 0 aromatic carbocycles. The average molecular weight is 296 g/mol. The van der Waals surface area contributed by atoms with Crippen LogP contribution in [0.4, 0.5) is 0 Å². The van der Waals surface area contributed by atoms with Gasteiger partial charge >= 0.3 is 5.97 Å². The zero-order chi connectivity index (χ0) is 15.6. The summed E-state index contributed by atoms with van der Waals surface area (Å²) in [6, 6.07) is 0.381. The third kappa shape index (κ3) is 3.95. The first-order chi connectivity index (χ1) is 9.90. The zero-order valence-electron chi connectivity index (χ0n) is 12.7. The molecule has 1 N–H and O–H groups in total. The third-order valence-electron chi connectivity index (χ3n) is 4.19. The summed E-state index contributed by atoms with van der Waals surface area (Å²) < 4.78 is 0. The molecule has 1 atom stereocenters. The van der Waals surface area contributed by atoms with Crippen LogP contribution in [-0.4, -0.2) is 57.9 Å². The standard InChI is InChI=1S/C15H24N2O4/c1-10(2)16(7-3-4-14(19)20)15(21)11-8-13(18)17(9-11)12-5-6-12/h10-12H,3-9H2,1-2H3,(H,19,20). The van der Waals surface area contributed by atoms with Crippen LogP contribution in [0, 0.1) is 5.92 Å². The van der Waals surface area contributed by atoms with Crippen molar-refractivity contribution in [3.63, 3.8) is 0 Å². The number of rotatable bonds is 7. The molecule has 1 aliphatic heterocycles. The fourth-order valence-corrected chi connectivity index (χ4v) is 2.89. The largest absolute Gasteiger partial charge is 0.481 e. The summed E-state index contributed by atoms with van der Waals surface area (Å²) >= 11 is 0. The maximum atomic E-state index is 12.6. The van der Waals surface area contributed by atoms with E-state index in [-0.39, 0.29) is 30.2 Å². The lowest BCUT2D eigenvalue weighted by Gasteiger charge is -2.29. The van der Waals surface area contributed by atoms with Gasteiger partial charge in [0.15, 0.2) is 0 Å². The fourth-order valence-electron chi connectivity index (χ4n) is 2.89. The minimum atomic E-state index is -0.845. The molecule has 2 fully saturated rings. The van der Waals surface area contributed by atoms with E-state index in [1.165, 1.54) is 0 Å². The Bertz CT molecular complexity index is 431. The first kappa shape index (κ1) is 15.8. The number of carboxylic acids is 1. The third-order valence-corrected chi connectivity index (χ3v) is 4.19. The van der Waals surface area contributed by atoms with Crippen LogP contribution in [0.3, 0.4) is 0 Å². The van der Waals surface area contributed by atoms with Crippen LogP contribution in [0.25, 0.3) is 0 Å². The Kier molecular flexibility index (Phi) is 4.85. The van der Waals surface area contributed by atoms with Gasteiger partial charge in [-0.25, -0.2) is 0 Å². The van der Waals surface area contributed by atoms with Crippen molar-refractivity contribution in [3.8, 4) is 0 Å². The molecule has 1 saturated heterocycles. The van der Waals surface area contributed by atoms with Gasteiger partial charge in [0.25, 0.3) is 0 Å².